The molecule has 2 aromatic rings. The first-order valence-corrected chi connectivity index (χ1v) is 8.88. The topological polar surface area (TPSA) is 15.3 Å². The van der Waals surface area contributed by atoms with Gasteiger partial charge in [-0.15, -0.1) is 12.4 Å². The highest BCUT2D eigenvalue weighted by molar-refractivity contribution is 5.85. The average molecular weight is 347 g/mol. The molecule has 0 saturated heterocycles. The Hall–Kier alpha value is -1.35. The average Bonchev–Trinajstić information content (AvgIpc) is 2.62. The van der Waals surface area contributed by atoms with E-state index in [-0.39, 0.29) is 12.4 Å². The standard InChI is InChI=1S/C21H30N2.ClH/c1-3-23(4-2)17-11-16-22-21(20-14-9-6-10-15-20)18-19-12-7-5-8-13-19;/h5-10,12-15,21-22H,3-4,11,16-18H2,1-2H3;1H. The third kappa shape index (κ3) is 7.04. The molecular weight excluding hydrogens is 316 g/mol. The van der Waals surface area contributed by atoms with Gasteiger partial charge in [-0.3, -0.25) is 0 Å². The van der Waals surface area contributed by atoms with Crippen molar-refractivity contribution >= 4 is 12.4 Å². The summed E-state index contributed by atoms with van der Waals surface area (Å²) in [6, 6.07) is 21.9. The van der Waals surface area contributed by atoms with Gasteiger partial charge in [0.1, 0.15) is 0 Å². The Kier molecular flexibility index (Phi) is 10.4. The van der Waals surface area contributed by atoms with Crippen LogP contribution in [-0.4, -0.2) is 31.1 Å². The molecule has 2 aromatic carbocycles. The van der Waals surface area contributed by atoms with Gasteiger partial charge in [-0.05, 0) is 50.1 Å². The van der Waals surface area contributed by atoms with Gasteiger partial charge in [0.25, 0.3) is 0 Å². The van der Waals surface area contributed by atoms with Crippen LogP contribution in [0.25, 0.3) is 0 Å². The highest BCUT2D eigenvalue weighted by Crippen LogP contribution is 2.18. The van der Waals surface area contributed by atoms with Crippen LogP contribution in [0, 0.1) is 0 Å². The fraction of sp³-hybridized carbons (Fsp3) is 0.429. The zero-order valence-electron chi connectivity index (χ0n) is 14.9. The lowest BCUT2D eigenvalue weighted by Crippen LogP contribution is -2.29. The normalized spacial score (nSPS) is 12.0. The summed E-state index contributed by atoms with van der Waals surface area (Å²) in [7, 11) is 0. The van der Waals surface area contributed by atoms with E-state index in [4.69, 9.17) is 0 Å². The summed E-state index contributed by atoms with van der Waals surface area (Å²) in [4.78, 5) is 2.48. The van der Waals surface area contributed by atoms with Crippen LogP contribution in [0.15, 0.2) is 60.7 Å². The third-order valence-corrected chi connectivity index (χ3v) is 4.42. The molecule has 0 aliphatic heterocycles. The van der Waals surface area contributed by atoms with E-state index in [9.17, 15) is 0 Å². The molecule has 1 N–H and O–H groups in total. The molecule has 1 atom stereocenters. The van der Waals surface area contributed by atoms with Crippen molar-refractivity contribution in [2.24, 2.45) is 0 Å². The molecule has 0 aliphatic rings. The van der Waals surface area contributed by atoms with E-state index in [1.807, 2.05) is 0 Å². The highest BCUT2D eigenvalue weighted by Gasteiger charge is 2.11. The lowest BCUT2D eigenvalue weighted by molar-refractivity contribution is 0.295. The van der Waals surface area contributed by atoms with E-state index in [0.717, 1.165) is 26.1 Å². The zero-order chi connectivity index (χ0) is 16.3. The lowest BCUT2D eigenvalue weighted by Gasteiger charge is -2.22. The summed E-state index contributed by atoms with van der Waals surface area (Å²) < 4.78 is 0. The molecule has 2 nitrogen and oxygen atoms in total. The van der Waals surface area contributed by atoms with Crippen molar-refractivity contribution in [1.29, 1.82) is 0 Å². The van der Waals surface area contributed by atoms with E-state index < -0.39 is 0 Å². The van der Waals surface area contributed by atoms with Gasteiger partial charge in [0.2, 0.25) is 0 Å². The zero-order valence-corrected chi connectivity index (χ0v) is 15.8. The second-order valence-electron chi connectivity index (χ2n) is 5.99. The maximum atomic E-state index is 3.76. The minimum atomic E-state index is 0. The van der Waals surface area contributed by atoms with Gasteiger partial charge in [-0.25, -0.2) is 0 Å². The predicted octanol–water partition coefficient (Wildman–Crippen LogP) is 4.71. The van der Waals surface area contributed by atoms with Crippen LogP contribution in [0.4, 0.5) is 0 Å². The minimum absolute atomic E-state index is 0. The van der Waals surface area contributed by atoms with Gasteiger partial charge in [0.05, 0.1) is 0 Å². The number of rotatable bonds is 10. The number of hydrogen-bond acceptors (Lipinski definition) is 2. The summed E-state index contributed by atoms with van der Waals surface area (Å²) in [6.45, 7) is 8.99. The van der Waals surface area contributed by atoms with Gasteiger partial charge in [0.15, 0.2) is 0 Å². The van der Waals surface area contributed by atoms with Crippen LogP contribution in [0.5, 0.6) is 0 Å². The van der Waals surface area contributed by atoms with Crippen LogP contribution in [0.3, 0.4) is 0 Å². The fourth-order valence-corrected chi connectivity index (χ4v) is 2.96. The Morgan fingerprint density at radius 3 is 2.04 bits per heavy atom. The van der Waals surface area contributed by atoms with E-state index >= 15 is 0 Å². The molecule has 0 aliphatic carbocycles. The largest absolute Gasteiger partial charge is 0.310 e. The maximum Gasteiger partial charge on any atom is 0.0360 e. The van der Waals surface area contributed by atoms with Gasteiger partial charge < -0.3 is 10.2 Å². The van der Waals surface area contributed by atoms with E-state index in [1.54, 1.807) is 0 Å². The monoisotopic (exact) mass is 346 g/mol. The summed E-state index contributed by atoms with van der Waals surface area (Å²) in [5.74, 6) is 0. The van der Waals surface area contributed by atoms with Crippen molar-refractivity contribution in [3.8, 4) is 0 Å². The quantitative estimate of drug-likeness (QED) is 0.626. The molecule has 0 radical (unpaired) electrons. The smallest absolute Gasteiger partial charge is 0.0360 e. The summed E-state index contributed by atoms with van der Waals surface area (Å²) in [5, 5.41) is 3.76. The van der Waals surface area contributed by atoms with Crippen LogP contribution < -0.4 is 5.32 Å². The first-order chi connectivity index (χ1) is 11.3. The third-order valence-electron chi connectivity index (χ3n) is 4.42. The molecule has 0 heterocycles. The Morgan fingerprint density at radius 1 is 0.875 bits per heavy atom. The first kappa shape index (κ1) is 20.7. The van der Waals surface area contributed by atoms with E-state index in [0.29, 0.717) is 6.04 Å². The van der Waals surface area contributed by atoms with Crippen molar-refractivity contribution in [3.63, 3.8) is 0 Å². The van der Waals surface area contributed by atoms with Crippen molar-refractivity contribution in [2.75, 3.05) is 26.2 Å². The Bertz CT molecular complexity index is 526. The fourth-order valence-electron chi connectivity index (χ4n) is 2.96. The predicted molar refractivity (Wildman–Crippen MR) is 107 cm³/mol. The number of nitrogens with one attached hydrogen (secondary N) is 1. The highest BCUT2D eigenvalue weighted by atomic mass is 35.5. The van der Waals surface area contributed by atoms with Crippen molar-refractivity contribution in [1.82, 2.24) is 10.2 Å². The molecule has 0 saturated carbocycles. The second kappa shape index (κ2) is 12.1. The van der Waals surface area contributed by atoms with Crippen LogP contribution in [0.1, 0.15) is 37.4 Å². The van der Waals surface area contributed by atoms with Gasteiger partial charge in [-0.1, -0.05) is 74.5 Å². The Labute approximate surface area is 153 Å². The maximum absolute atomic E-state index is 3.76. The number of halogens is 1. The molecule has 0 amide bonds. The minimum Gasteiger partial charge on any atom is -0.310 e. The number of benzene rings is 2. The molecule has 0 bridgehead atoms. The molecule has 24 heavy (non-hydrogen) atoms. The summed E-state index contributed by atoms with van der Waals surface area (Å²) >= 11 is 0. The van der Waals surface area contributed by atoms with Crippen LogP contribution >= 0.6 is 12.4 Å². The van der Waals surface area contributed by atoms with Gasteiger partial charge >= 0.3 is 0 Å². The van der Waals surface area contributed by atoms with Crippen molar-refractivity contribution in [2.45, 2.75) is 32.7 Å². The summed E-state index contributed by atoms with van der Waals surface area (Å²) in [5.41, 5.74) is 2.76. The van der Waals surface area contributed by atoms with E-state index in [2.05, 4.69) is 84.7 Å². The molecule has 132 valence electrons. The molecule has 0 spiro atoms. The van der Waals surface area contributed by atoms with Crippen molar-refractivity contribution in [3.05, 3.63) is 71.8 Å². The Balaban J connectivity index is 0.00000288. The second-order valence-corrected chi connectivity index (χ2v) is 5.99. The van der Waals surface area contributed by atoms with Crippen molar-refractivity contribution < 1.29 is 0 Å². The van der Waals surface area contributed by atoms with E-state index in [1.165, 1.54) is 24.1 Å². The lowest BCUT2D eigenvalue weighted by atomic mass is 9.99. The van der Waals surface area contributed by atoms with Gasteiger partial charge in [0, 0.05) is 6.04 Å². The molecule has 2 rings (SSSR count). The number of nitrogens with zero attached hydrogens (tertiary/aromatic N) is 1. The summed E-state index contributed by atoms with van der Waals surface area (Å²) in [6.07, 6.45) is 2.23. The molecular formula is C21H31ClN2. The molecule has 0 fully saturated rings. The SMILES string of the molecule is CCN(CC)CCCNC(Cc1ccccc1)c1ccccc1.Cl. The molecule has 0 aromatic heterocycles. The van der Waals surface area contributed by atoms with Gasteiger partial charge in [-0.2, -0.15) is 0 Å². The number of hydrogen-bond donors (Lipinski definition) is 1. The molecule has 3 heteroatoms. The Morgan fingerprint density at radius 2 is 1.46 bits per heavy atom. The first-order valence-electron chi connectivity index (χ1n) is 8.88. The molecule has 1 unspecified atom stereocenters. The van der Waals surface area contributed by atoms with Crippen LogP contribution in [0.2, 0.25) is 0 Å². The van der Waals surface area contributed by atoms with Crippen LogP contribution in [-0.2, 0) is 6.42 Å².